The monoisotopic (exact) mass is 272 g/mol. The van der Waals surface area contributed by atoms with E-state index < -0.39 is 0 Å². The minimum Gasteiger partial charge on any atom is -0.441 e. The number of oxazole rings is 1. The van der Waals surface area contributed by atoms with Crippen molar-refractivity contribution in [1.82, 2.24) is 10.3 Å². The molecule has 1 aromatic carbocycles. The molecule has 0 fully saturated rings. The Morgan fingerprint density at radius 1 is 1.26 bits per heavy atom. The quantitative estimate of drug-likeness (QED) is 0.768. The third-order valence-electron chi connectivity index (χ3n) is 3.05. The van der Waals surface area contributed by atoms with Crippen LogP contribution in [0.5, 0.6) is 0 Å². The lowest BCUT2D eigenvalue weighted by atomic mass is 10.1. The van der Waals surface area contributed by atoms with E-state index in [4.69, 9.17) is 4.42 Å². The van der Waals surface area contributed by atoms with Crippen LogP contribution in [0.25, 0.3) is 11.1 Å². The molecule has 3 aromatic rings. The van der Waals surface area contributed by atoms with E-state index in [0.717, 1.165) is 30.0 Å². The zero-order valence-corrected chi connectivity index (χ0v) is 11.6. The van der Waals surface area contributed by atoms with Crippen LogP contribution in [0.15, 0.2) is 46.2 Å². The van der Waals surface area contributed by atoms with Crippen molar-refractivity contribution in [2.45, 2.75) is 19.4 Å². The van der Waals surface area contributed by atoms with Crippen molar-refractivity contribution < 1.29 is 4.42 Å². The molecule has 1 N–H and O–H groups in total. The first-order valence-electron chi connectivity index (χ1n) is 6.48. The fourth-order valence-electron chi connectivity index (χ4n) is 2.19. The van der Waals surface area contributed by atoms with Crippen LogP contribution in [0.2, 0.25) is 0 Å². The van der Waals surface area contributed by atoms with Crippen molar-refractivity contribution in [1.29, 1.82) is 0 Å². The first-order chi connectivity index (χ1) is 9.36. The molecule has 98 valence electrons. The summed E-state index contributed by atoms with van der Waals surface area (Å²) < 4.78 is 5.80. The summed E-state index contributed by atoms with van der Waals surface area (Å²) in [5.41, 5.74) is 1.79. The number of fused-ring (bicyclic) bond motifs is 1. The van der Waals surface area contributed by atoms with E-state index in [1.54, 1.807) is 11.3 Å². The summed E-state index contributed by atoms with van der Waals surface area (Å²) in [5.74, 6) is 0.792. The maximum Gasteiger partial charge on any atom is 0.197 e. The molecule has 0 bridgehead atoms. The lowest BCUT2D eigenvalue weighted by Gasteiger charge is -2.14. The molecule has 0 saturated heterocycles. The summed E-state index contributed by atoms with van der Waals surface area (Å²) >= 11 is 1.77. The van der Waals surface area contributed by atoms with Crippen LogP contribution in [-0.4, -0.2) is 11.5 Å². The van der Waals surface area contributed by atoms with Gasteiger partial charge in [0.25, 0.3) is 0 Å². The fraction of sp³-hybridized carbons (Fsp3) is 0.267. The maximum absolute atomic E-state index is 5.80. The van der Waals surface area contributed by atoms with E-state index in [2.05, 4.69) is 34.7 Å². The van der Waals surface area contributed by atoms with E-state index >= 15 is 0 Å². The molecule has 0 spiro atoms. The lowest BCUT2D eigenvalue weighted by molar-refractivity contribution is 0.464. The molecule has 0 aliphatic heterocycles. The Bertz CT molecular complexity index is 612. The van der Waals surface area contributed by atoms with Gasteiger partial charge in [-0.1, -0.05) is 25.1 Å². The molecule has 0 radical (unpaired) electrons. The zero-order chi connectivity index (χ0) is 13.1. The van der Waals surface area contributed by atoms with Crippen LogP contribution >= 0.6 is 11.3 Å². The second-order valence-corrected chi connectivity index (χ2v) is 5.38. The molecule has 0 amide bonds. The molecule has 0 saturated carbocycles. The van der Waals surface area contributed by atoms with Gasteiger partial charge in [-0.2, -0.15) is 0 Å². The van der Waals surface area contributed by atoms with Crippen LogP contribution in [0, 0.1) is 0 Å². The van der Waals surface area contributed by atoms with Gasteiger partial charge in [-0.3, -0.25) is 0 Å². The smallest absolute Gasteiger partial charge is 0.197 e. The highest BCUT2D eigenvalue weighted by Gasteiger charge is 2.15. The van der Waals surface area contributed by atoms with Crippen LogP contribution in [0.1, 0.15) is 23.7 Å². The zero-order valence-electron chi connectivity index (χ0n) is 10.8. The molecular weight excluding hydrogens is 256 g/mol. The Balaban J connectivity index is 1.85. The van der Waals surface area contributed by atoms with E-state index in [9.17, 15) is 0 Å². The molecule has 2 aromatic heterocycles. The van der Waals surface area contributed by atoms with E-state index in [1.165, 1.54) is 4.88 Å². The summed E-state index contributed by atoms with van der Waals surface area (Å²) in [6.07, 6.45) is 0.781. The van der Waals surface area contributed by atoms with Crippen molar-refractivity contribution in [3.05, 3.63) is 52.5 Å². The standard InChI is InChI=1S/C15H16N2OS/c1-2-16-12(14-8-5-9-19-14)10-15-17-11-6-3-4-7-13(11)18-15/h3-9,12,16H,2,10H2,1H3. The van der Waals surface area contributed by atoms with Crippen LogP contribution in [0.4, 0.5) is 0 Å². The summed E-state index contributed by atoms with van der Waals surface area (Å²) in [5, 5.41) is 5.59. The fourth-order valence-corrected chi connectivity index (χ4v) is 2.99. The molecule has 1 atom stereocenters. The molecular formula is C15H16N2OS. The highest BCUT2D eigenvalue weighted by Crippen LogP contribution is 2.24. The molecule has 1 unspecified atom stereocenters. The van der Waals surface area contributed by atoms with Gasteiger partial charge < -0.3 is 9.73 Å². The van der Waals surface area contributed by atoms with Crippen LogP contribution in [0.3, 0.4) is 0 Å². The predicted octanol–water partition coefficient (Wildman–Crippen LogP) is 3.78. The van der Waals surface area contributed by atoms with Gasteiger partial charge in [-0.05, 0) is 30.1 Å². The Labute approximate surface area is 116 Å². The van der Waals surface area contributed by atoms with Crippen LogP contribution in [-0.2, 0) is 6.42 Å². The topological polar surface area (TPSA) is 38.1 Å². The third-order valence-corrected chi connectivity index (χ3v) is 4.04. The van der Waals surface area contributed by atoms with E-state index in [1.807, 2.05) is 24.3 Å². The molecule has 0 aliphatic carbocycles. The summed E-state index contributed by atoms with van der Waals surface area (Å²) in [6, 6.07) is 12.4. The molecule has 4 heteroatoms. The van der Waals surface area contributed by atoms with Gasteiger partial charge in [0.1, 0.15) is 5.52 Å². The number of para-hydroxylation sites is 2. The number of nitrogens with one attached hydrogen (secondary N) is 1. The first-order valence-corrected chi connectivity index (χ1v) is 7.36. The second-order valence-electron chi connectivity index (χ2n) is 4.41. The number of thiophene rings is 1. The molecule has 2 heterocycles. The van der Waals surface area contributed by atoms with Gasteiger partial charge in [-0.25, -0.2) is 4.98 Å². The maximum atomic E-state index is 5.80. The van der Waals surface area contributed by atoms with Crippen LogP contribution < -0.4 is 5.32 Å². The van der Waals surface area contributed by atoms with Gasteiger partial charge in [0.15, 0.2) is 11.5 Å². The first kappa shape index (κ1) is 12.4. The molecule has 3 nitrogen and oxygen atoms in total. The molecule has 19 heavy (non-hydrogen) atoms. The Morgan fingerprint density at radius 3 is 2.89 bits per heavy atom. The number of nitrogens with zero attached hydrogens (tertiary/aromatic N) is 1. The lowest BCUT2D eigenvalue weighted by Crippen LogP contribution is -2.22. The molecule has 0 aliphatic rings. The van der Waals surface area contributed by atoms with Crippen molar-refractivity contribution >= 4 is 22.4 Å². The molecule has 3 rings (SSSR count). The van der Waals surface area contributed by atoms with Gasteiger partial charge in [0.2, 0.25) is 0 Å². The SMILES string of the molecule is CCNC(Cc1nc2ccccc2o1)c1cccs1. The number of aromatic nitrogens is 1. The minimum atomic E-state index is 0.276. The summed E-state index contributed by atoms with van der Waals surface area (Å²) in [4.78, 5) is 5.87. The second kappa shape index (κ2) is 5.55. The Kier molecular flexibility index (Phi) is 3.62. The van der Waals surface area contributed by atoms with Crippen molar-refractivity contribution in [2.75, 3.05) is 6.54 Å². The third kappa shape index (κ3) is 2.69. The van der Waals surface area contributed by atoms with Crippen molar-refractivity contribution in [2.24, 2.45) is 0 Å². The van der Waals surface area contributed by atoms with Gasteiger partial charge in [0.05, 0.1) is 6.04 Å². The van der Waals surface area contributed by atoms with Gasteiger partial charge >= 0.3 is 0 Å². The highest BCUT2D eigenvalue weighted by molar-refractivity contribution is 7.10. The predicted molar refractivity (Wildman–Crippen MR) is 78.4 cm³/mol. The van der Waals surface area contributed by atoms with E-state index in [-0.39, 0.29) is 6.04 Å². The number of hydrogen-bond acceptors (Lipinski definition) is 4. The van der Waals surface area contributed by atoms with Crippen molar-refractivity contribution in [3.63, 3.8) is 0 Å². The summed E-state index contributed by atoms with van der Waals surface area (Å²) in [6.45, 7) is 3.05. The van der Waals surface area contributed by atoms with Gasteiger partial charge in [0, 0.05) is 11.3 Å². The Morgan fingerprint density at radius 2 is 2.16 bits per heavy atom. The number of rotatable bonds is 5. The average molecular weight is 272 g/mol. The largest absolute Gasteiger partial charge is 0.441 e. The van der Waals surface area contributed by atoms with Crippen molar-refractivity contribution in [3.8, 4) is 0 Å². The Hall–Kier alpha value is -1.65. The number of benzene rings is 1. The number of hydrogen-bond donors (Lipinski definition) is 1. The highest BCUT2D eigenvalue weighted by atomic mass is 32.1. The van der Waals surface area contributed by atoms with E-state index in [0.29, 0.717) is 0 Å². The normalized spacial score (nSPS) is 12.9. The average Bonchev–Trinajstić information content (AvgIpc) is 3.07. The summed E-state index contributed by atoms with van der Waals surface area (Å²) in [7, 11) is 0. The minimum absolute atomic E-state index is 0.276. The van der Waals surface area contributed by atoms with Gasteiger partial charge in [-0.15, -0.1) is 11.3 Å². The number of likely N-dealkylation sites (N-methyl/N-ethyl adjacent to an activating group) is 1.